The van der Waals surface area contributed by atoms with Crippen molar-refractivity contribution in [1.29, 1.82) is 0 Å². The average molecular weight is 531 g/mol. The summed E-state index contributed by atoms with van der Waals surface area (Å²) >= 11 is 12.4. The third kappa shape index (κ3) is 4.47. The van der Waals surface area contributed by atoms with Crippen LogP contribution in [-0.2, 0) is 16.6 Å². The third-order valence-corrected chi connectivity index (χ3v) is 8.27. The Balaban J connectivity index is 1.59. The first-order valence-electron chi connectivity index (χ1n) is 10.8. The van der Waals surface area contributed by atoms with Gasteiger partial charge in [0.2, 0.25) is 0 Å². The van der Waals surface area contributed by atoms with Gasteiger partial charge in [-0.3, -0.25) is 4.68 Å². The van der Waals surface area contributed by atoms with Gasteiger partial charge >= 0.3 is 5.97 Å². The summed E-state index contributed by atoms with van der Waals surface area (Å²) in [4.78, 5) is 15.5. The predicted octanol–water partition coefficient (Wildman–Crippen LogP) is 5.48. The zero-order valence-electron chi connectivity index (χ0n) is 18.5. The van der Waals surface area contributed by atoms with Crippen molar-refractivity contribution < 1.29 is 18.3 Å². The van der Waals surface area contributed by atoms with Crippen molar-refractivity contribution >= 4 is 55.9 Å². The fourth-order valence-corrected chi connectivity index (χ4v) is 6.20. The van der Waals surface area contributed by atoms with E-state index in [1.165, 1.54) is 30.5 Å². The number of benzene rings is 2. The maximum absolute atomic E-state index is 13.9. The highest BCUT2D eigenvalue weighted by Gasteiger charge is 2.30. The summed E-state index contributed by atoms with van der Waals surface area (Å²) in [5.41, 5.74) is 1.99. The van der Waals surface area contributed by atoms with Gasteiger partial charge < -0.3 is 5.11 Å². The fourth-order valence-electron chi connectivity index (χ4n) is 4.03. The van der Waals surface area contributed by atoms with Crippen LogP contribution in [0.1, 0.15) is 40.4 Å². The van der Waals surface area contributed by atoms with Crippen molar-refractivity contribution in [2.75, 3.05) is 4.31 Å². The molecule has 2 heterocycles. The van der Waals surface area contributed by atoms with Gasteiger partial charge in [0.15, 0.2) is 5.82 Å². The molecule has 0 saturated heterocycles. The van der Waals surface area contributed by atoms with E-state index in [1.807, 2.05) is 22.9 Å². The molecule has 0 atom stereocenters. The Morgan fingerprint density at radius 2 is 1.91 bits per heavy atom. The zero-order chi connectivity index (χ0) is 24.9. The van der Waals surface area contributed by atoms with E-state index >= 15 is 0 Å². The molecule has 1 fully saturated rings. The van der Waals surface area contributed by atoms with Crippen LogP contribution in [0.2, 0.25) is 10.0 Å². The molecule has 0 amide bonds. The van der Waals surface area contributed by atoms with Crippen molar-refractivity contribution in [3.8, 4) is 0 Å². The number of hydrogen-bond acceptors (Lipinski definition) is 5. The Hall–Kier alpha value is -3.14. The van der Waals surface area contributed by atoms with Gasteiger partial charge in [-0.15, -0.1) is 0 Å². The minimum Gasteiger partial charge on any atom is -0.478 e. The van der Waals surface area contributed by atoms with Crippen LogP contribution in [-0.4, -0.2) is 34.3 Å². The maximum atomic E-state index is 13.9. The molecule has 2 aromatic carbocycles. The molecular weight excluding hydrogens is 511 g/mol. The van der Waals surface area contributed by atoms with Crippen molar-refractivity contribution in [2.45, 2.75) is 37.2 Å². The molecule has 4 aromatic rings. The van der Waals surface area contributed by atoms with E-state index in [-0.39, 0.29) is 32.9 Å². The quantitative estimate of drug-likeness (QED) is 0.339. The highest BCUT2D eigenvalue weighted by molar-refractivity contribution is 7.92. The number of sulfonamides is 1. The number of aryl methyl sites for hydroxylation is 1. The van der Waals surface area contributed by atoms with Gasteiger partial charge in [-0.1, -0.05) is 29.3 Å². The Kier molecular flexibility index (Phi) is 5.94. The largest absolute Gasteiger partial charge is 0.478 e. The number of anilines is 1. The number of pyridine rings is 1. The van der Waals surface area contributed by atoms with E-state index in [1.54, 1.807) is 13.1 Å². The first kappa shape index (κ1) is 23.6. The highest BCUT2D eigenvalue weighted by Crippen LogP contribution is 2.37. The lowest BCUT2D eigenvalue weighted by molar-refractivity contribution is 0.0696. The second kappa shape index (κ2) is 8.82. The lowest BCUT2D eigenvalue weighted by Crippen LogP contribution is -2.32. The van der Waals surface area contributed by atoms with E-state index in [4.69, 9.17) is 23.2 Å². The Bertz CT molecular complexity index is 1580. The summed E-state index contributed by atoms with van der Waals surface area (Å²) in [6, 6.07) is 11.4. The highest BCUT2D eigenvalue weighted by atomic mass is 35.5. The molecule has 1 aliphatic rings. The van der Waals surface area contributed by atoms with Crippen LogP contribution in [0.3, 0.4) is 0 Å². The first-order valence-corrected chi connectivity index (χ1v) is 13.0. The summed E-state index contributed by atoms with van der Waals surface area (Å²) in [6.45, 7) is 1.49. The number of hydrogen-bond donors (Lipinski definition) is 1. The van der Waals surface area contributed by atoms with Crippen molar-refractivity contribution in [3.63, 3.8) is 0 Å². The molecule has 180 valence electrons. The summed E-state index contributed by atoms with van der Waals surface area (Å²) in [5.74, 6) is -1.12. The standard InChI is InChI=1S/C24H20Cl2N4O4S/c1-14-8-16(24(31)32)3-7-22(14)35(33,34)29(23-20(26)10-18(25)12-27-23)13-15-2-6-21-17(9-15)11-28-30(21)19-4-5-19/h2-3,6-12,19H,4-5,13H2,1H3,(H,31,32). The first-order chi connectivity index (χ1) is 16.6. The molecule has 1 aliphatic carbocycles. The van der Waals surface area contributed by atoms with Crippen molar-refractivity contribution in [3.05, 3.63) is 81.6 Å². The van der Waals surface area contributed by atoms with Gasteiger partial charge in [0.25, 0.3) is 10.0 Å². The molecule has 35 heavy (non-hydrogen) atoms. The van der Waals surface area contributed by atoms with Crippen LogP contribution in [0.5, 0.6) is 0 Å². The number of carboxylic acid groups (broad SMARTS) is 1. The van der Waals surface area contributed by atoms with Gasteiger partial charge in [-0.25, -0.2) is 22.5 Å². The number of nitrogens with zero attached hydrogens (tertiary/aromatic N) is 4. The number of rotatable bonds is 7. The summed E-state index contributed by atoms with van der Waals surface area (Å²) in [7, 11) is -4.18. The average Bonchev–Trinajstić information content (AvgIpc) is 3.56. The molecule has 1 saturated carbocycles. The Morgan fingerprint density at radius 3 is 2.57 bits per heavy atom. The molecule has 0 bridgehead atoms. The normalized spacial score (nSPS) is 13.8. The van der Waals surface area contributed by atoms with Crippen LogP contribution < -0.4 is 4.31 Å². The maximum Gasteiger partial charge on any atom is 0.335 e. The van der Waals surface area contributed by atoms with Crippen LogP contribution >= 0.6 is 23.2 Å². The molecule has 5 rings (SSSR count). The molecular formula is C24H20Cl2N4O4S. The minimum absolute atomic E-state index is 0.00576. The topological polar surface area (TPSA) is 105 Å². The van der Waals surface area contributed by atoms with Gasteiger partial charge in [0.05, 0.1) is 44.8 Å². The third-order valence-electron chi connectivity index (χ3n) is 5.89. The van der Waals surface area contributed by atoms with Gasteiger partial charge in [-0.2, -0.15) is 5.10 Å². The number of carbonyl (C=O) groups is 1. The molecule has 0 aliphatic heterocycles. The molecule has 0 radical (unpaired) electrons. The van der Waals surface area contributed by atoms with E-state index in [9.17, 15) is 18.3 Å². The lowest BCUT2D eigenvalue weighted by atomic mass is 10.1. The molecule has 1 N–H and O–H groups in total. The summed E-state index contributed by atoms with van der Waals surface area (Å²) in [6.07, 6.45) is 5.31. The summed E-state index contributed by atoms with van der Waals surface area (Å²) in [5, 5.41) is 15.0. The second-order valence-electron chi connectivity index (χ2n) is 8.47. The minimum atomic E-state index is -4.18. The molecule has 0 unspecified atom stereocenters. The van der Waals surface area contributed by atoms with Crippen LogP contribution in [0, 0.1) is 6.92 Å². The Labute approximate surface area is 211 Å². The lowest BCUT2D eigenvalue weighted by Gasteiger charge is -2.25. The molecule has 11 heteroatoms. The van der Waals surface area contributed by atoms with Gasteiger partial charge in [-0.05, 0) is 67.3 Å². The molecule has 2 aromatic heterocycles. The van der Waals surface area contributed by atoms with E-state index in [2.05, 4.69) is 10.1 Å². The predicted molar refractivity (Wildman–Crippen MR) is 134 cm³/mol. The number of aromatic carboxylic acids is 1. The smallest absolute Gasteiger partial charge is 0.335 e. The van der Waals surface area contributed by atoms with Gasteiger partial charge in [0, 0.05) is 11.6 Å². The van der Waals surface area contributed by atoms with E-state index in [0.717, 1.165) is 28.0 Å². The van der Waals surface area contributed by atoms with Crippen LogP contribution in [0.15, 0.2) is 59.8 Å². The van der Waals surface area contributed by atoms with E-state index in [0.29, 0.717) is 17.2 Å². The molecule has 8 nitrogen and oxygen atoms in total. The van der Waals surface area contributed by atoms with Crippen molar-refractivity contribution in [2.24, 2.45) is 0 Å². The number of aromatic nitrogens is 3. The zero-order valence-corrected chi connectivity index (χ0v) is 20.8. The monoisotopic (exact) mass is 530 g/mol. The second-order valence-corrected chi connectivity index (χ2v) is 11.1. The van der Waals surface area contributed by atoms with Gasteiger partial charge in [0.1, 0.15) is 0 Å². The SMILES string of the molecule is Cc1cc(C(=O)O)ccc1S(=O)(=O)N(Cc1ccc2c(cnn2C2CC2)c1)c1ncc(Cl)cc1Cl. The van der Waals surface area contributed by atoms with Crippen LogP contribution in [0.4, 0.5) is 5.82 Å². The number of fused-ring (bicyclic) bond motifs is 1. The van der Waals surface area contributed by atoms with E-state index < -0.39 is 16.0 Å². The van der Waals surface area contributed by atoms with Crippen LogP contribution in [0.25, 0.3) is 10.9 Å². The Morgan fingerprint density at radius 1 is 1.14 bits per heavy atom. The molecule has 0 spiro atoms. The van der Waals surface area contributed by atoms with Crippen molar-refractivity contribution in [1.82, 2.24) is 14.8 Å². The number of carboxylic acids is 1. The fraction of sp³-hybridized carbons (Fsp3) is 0.208. The summed E-state index contributed by atoms with van der Waals surface area (Å²) < 4.78 is 30.9. The number of halogens is 2.